The van der Waals surface area contributed by atoms with Crippen molar-refractivity contribution in [3.63, 3.8) is 0 Å². The lowest BCUT2D eigenvalue weighted by Gasteiger charge is -2.26. The number of carbonyl (C=O) groups excluding carboxylic acids is 1. The highest BCUT2D eigenvalue weighted by atomic mass is 16.5. The summed E-state index contributed by atoms with van der Waals surface area (Å²) in [6.07, 6.45) is 2.80. The highest BCUT2D eigenvalue weighted by Crippen LogP contribution is 2.17. The van der Waals surface area contributed by atoms with Crippen molar-refractivity contribution in [2.75, 3.05) is 7.05 Å². The van der Waals surface area contributed by atoms with Crippen molar-refractivity contribution < 1.29 is 9.32 Å². The summed E-state index contributed by atoms with van der Waals surface area (Å²) in [5.74, 6) is 1.20. The number of hydrogen-bond acceptors (Lipinski definition) is 4. The topological polar surface area (TPSA) is 59.2 Å². The molecule has 0 saturated heterocycles. The van der Waals surface area contributed by atoms with E-state index in [0.29, 0.717) is 30.6 Å². The summed E-state index contributed by atoms with van der Waals surface area (Å²) in [7, 11) is 1.87. The zero-order valence-corrected chi connectivity index (χ0v) is 14.4. The van der Waals surface area contributed by atoms with Crippen molar-refractivity contribution in [2.24, 2.45) is 0 Å². The first-order valence-corrected chi connectivity index (χ1v) is 8.20. The molecule has 5 nitrogen and oxygen atoms in total. The van der Waals surface area contributed by atoms with Crippen LogP contribution in [0.15, 0.2) is 28.8 Å². The Labute approximate surface area is 137 Å². The molecular weight excluding hydrogens is 290 g/mol. The van der Waals surface area contributed by atoms with Crippen molar-refractivity contribution in [1.82, 2.24) is 15.0 Å². The Morgan fingerprint density at radius 3 is 2.48 bits per heavy atom. The van der Waals surface area contributed by atoms with Crippen LogP contribution in [0, 0.1) is 6.92 Å². The van der Waals surface area contributed by atoms with E-state index in [9.17, 15) is 4.79 Å². The molecule has 5 heteroatoms. The molecule has 0 unspecified atom stereocenters. The molecule has 0 spiro atoms. The van der Waals surface area contributed by atoms with Gasteiger partial charge < -0.3 is 9.42 Å². The average molecular weight is 315 g/mol. The van der Waals surface area contributed by atoms with Crippen LogP contribution < -0.4 is 0 Å². The van der Waals surface area contributed by atoms with E-state index in [1.54, 1.807) is 0 Å². The van der Waals surface area contributed by atoms with Gasteiger partial charge in [0, 0.05) is 31.5 Å². The largest absolute Gasteiger partial charge is 0.343 e. The molecule has 1 amide bonds. The molecule has 0 bridgehead atoms. The van der Waals surface area contributed by atoms with E-state index >= 15 is 0 Å². The Balaban J connectivity index is 1.94. The summed E-state index contributed by atoms with van der Waals surface area (Å²) in [6.45, 7) is 6.24. The molecule has 2 rings (SSSR count). The quantitative estimate of drug-likeness (QED) is 0.783. The van der Waals surface area contributed by atoms with Crippen LogP contribution in [0.2, 0.25) is 0 Å². The van der Waals surface area contributed by atoms with Gasteiger partial charge in [0.15, 0.2) is 0 Å². The smallest absolute Gasteiger partial charge is 0.227 e. The molecule has 1 aromatic carbocycles. The molecule has 0 aliphatic carbocycles. The lowest BCUT2D eigenvalue weighted by Crippen LogP contribution is -2.36. The number of carbonyl (C=O) groups is 1. The summed E-state index contributed by atoms with van der Waals surface area (Å²) < 4.78 is 5.26. The molecule has 0 aliphatic rings. The van der Waals surface area contributed by atoms with Crippen LogP contribution in [0.3, 0.4) is 0 Å². The fourth-order valence-electron chi connectivity index (χ4n) is 2.61. The molecule has 1 heterocycles. The van der Waals surface area contributed by atoms with Gasteiger partial charge in [-0.2, -0.15) is 4.98 Å². The maximum atomic E-state index is 12.2. The summed E-state index contributed by atoms with van der Waals surface area (Å²) in [6, 6.07) is 8.26. The van der Waals surface area contributed by atoms with Crippen LogP contribution in [0.4, 0.5) is 0 Å². The zero-order chi connectivity index (χ0) is 16.8. The predicted octanol–water partition coefficient (Wildman–Crippen LogP) is 3.62. The monoisotopic (exact) mass is 315 g/mol. The maximum Gasteiger partial charge on any atom is 0.227 e. The lowest BCUT2D eigenvalue weighted by molar-refractivity contribution is -0.132. The number of benzene rings is 1. The van der Waals surface area contributed by atoms with Gasteiger partial charge >= 0.3 is 0 Å². The first-order chi connectivity index (χ1) is 11.0. The molecule has 23 heavy (non-hydrogen) atoms. The second-order valence-electron chi connectivity index (χ2n) is 5.85. The van der Waals surface area contributed by atoms with Crippen molar-refractivity contribution in [1.29, 1.82) is 0 Å². The van der Waals surface area contributed by atoms with Gasteiger partial charge in [-0.25, -0.2) is 0 Å². The molecule has 0 N–H and O–H groups in total. The van der Waals surface area contributed by atoms with Crippen LogP contribution in [-0.2, 0) is 11.2 Å². The molecule has 0 saturated carbocycles. The standard InChI is InChI=1S/C18H25N3O2/c1-5-15(6-2)21(4)17(22)12-11-16-19-18(20-23-16)14-9-7-13(3)8-10-14/h7-10,15H,5-6,11-12H2,1-4H3. The second kappa shape index (κ2) is 7.90. The lowest BCUT2D eigenvalue weighted by atomic mass is 10.1. The maximum absolute atomic E-state index is 12.2. The third-order valence-corrected chi connectivity index (χ3v) is 4.21. The average Bonchev–Trinajstić information content (AvgIpc) is 3.03. The molecule has 0 atom stereocenters. The molecule has 2 aromatic rings. The summed E-state index contributed by atoms with van der Waals surface area (Å²) >= 11 is 0. The van der Waals surface area contributed by atoms with Crippen molar-refractivity contribution >= 4 is 5.91 Å². The van der Waals surface area contributed by atoms with E-state index in [4.69, 9.17) is 4.52 Å². The minimum absolute atomic E-state index is 0.119. The highest BCUT2D eigenvalue weighted by Gasteiger charge is 2.18. The Morgan fingerprint density at radius 1 is 1.22 bits per heavy atom. The minimum atomic E-state index is 0.119. The van der Waals surface area contributed by atoms with Gasteiger partial charge in [0.1, 0.15) is 0 Å². The van der Waals surface area contributed by atoms with Gasteiger partial charge in [-0.3, -0.25) is 4.79 Å². The number of nitrogens with zero attached hydrogens (tertiary/aromatic N) is 3. The van der Waals surface area contributed by atoms with E-state index in [1.807, 2.05) is 43.1 Å². The zero-order valence-electron chi connectivity index (χ0n) is 14.4. The molecule has 0 fully saturated rings. The van der Waals surface area contributed by atoms with Crippen molar-refractivity contribution in [3.05, 3.63) is 35.7 Å². The third-order valence-electron chi connectivity index (χ3n) is 4.21. The Morgan fingerprint density at radius 2 is 1.87 bits per heavy atom. The van der Waals surface area contributed by atoms with Crippen LogP contribution in [0.25, 0.3) is 11.4 Å². The Bertz CT molecular complexity index is 630. The fraction of sp³-hybridized carbons (Fsp3) is 0.500. The predicted molar refractivity (Wildman–Crippen MR) is 89.9 cm³/mol. The van der Waals surface area contributed by atoms with E-state index in [1.165, 1.54) is 5.56 Å². The van der Waals surface area contributed by atoms with Crippen molar-refractivity contribution in [2.45, 2.75) is 52.5 Å². The SMILES string of the molecule is CCC(CC)N(C)C(=O)CCc1nc(-c2ccc(C)cc2)no1. The number of hydrogen-bond donors (Lipinski definition) is 0. The fourth-order valence-corrected chi connectivity index (χ4v) is 2.61. The number of aryl methyl sites for hydroxylation is 2. The molecule has 0 radical (unpaired) electrons. The van der Waals surface area contributed by atoms with Gasteiger partial charge in [-0.15, -0.1) is 0 Å². The molecular formula is C18H25N3O2. The molecule has 124 valence electrons. The third kappa shape index (κ3) is 4.41. The van der Waals surface area contributed by atoms with Gasteiger partial charge in [-0.1, -0.05) is 48.8 Å². The Hall–Kier alpha value is -2.17. The minimum Gasteiger partial charge on any atom is -0.343 e. The number of aromatic nitrogens is 2. The van der Waals surface area contributed by atoms with E-state index in [-0.39, 0.29) is 5.91 Å². The molecule has 0 aliphatic heterocycles. The van der Waals surface area contributed by atoms with Crippen LogP contribution in [-0.4, -0.2) is 34.0 Å². The van der Waals surface area contributed by atoms with Crippen LogP contribution >= 0.6 is 0 Å². The molecule has 1 aromatic heterocycles. The summed E-state index contributed by atoms with van der Waals surface area (Å²) in [5, 5.41) is 4.00. The van der Waals surface area contributed by atoms with Crippen LogP contribution in [0.5, 0.6) is 0 Å². The van der Waals surface area contributed by atoms with E-state index in [2.05, 4.69) is 24.0 Å². The first-order valence-electron chi connectivity index (χ1n) is 8.20. The summed E-state index contributed by atoms with van der Waals surface area (Å²) in [4.78, 5) is 18.4. The Kier molecular flexibility index (Phi) is 5.90. The van der Waals surface area contributed by atoms with Crippen LogP contribution in [0.1, 0.15) is 44.6 Å². The van der Waals surface area contributed by atoms with E-state index in [0.717, 1.165) is 18.4 Å². The van der Waals surface area contributed by atoms with Gasteiger partial charge in [0.25, 0.3) is 0 Å². The number of rotatable bonds is 7. The van der Waals surface area contributed by atoms with Gasteiger partial charge in [0.2, 0.25) is 17.6 Å². The van der Waals surface area contributed by atoms with Gasteiger partial charge in [-0.05, 0) is 19.8 Å². The number of amides is 1. The van der Waals surface area contributed by atoms with E-state index < -0.39 is 0 Å². The second-order valence-corrected chi connectivity index (χ2v) is 5.85. The first kappa shape index (κ1) is 17.2. The highest BCUT2D eigenvalue weighted by molar-refractivity contribution is 5.76. The van der Waals surface area contributed by atoms with Gasteiger partial charge in [0.05, 0.1) is 0 Å². The normalized spacial score (nSPS) is 11.0. The summed E-state index contributed by atoms with van der Waals surface area (Å²) in [5.41, 5.74) is 2.11. The van der Waals surface area contributed by atoms with Crippen molar-refractivity contribution in [3.8, 4) is 11.4 Å².